The van der Waals surface area contributed by atoms with E-state index in [0.29, 0.717) is 6.61 Å². The largest absolute Gasteiger partial charge is 0.465 e. The minimum absolute atomic E-state index is 0.0691. The van der Waals surface area contributed by atoms with Gasteiger partial charge in [-0.15, -0.1) is 0 Å². The van der Waals surface area contributed by atoms with Gasteiger partial charge in [0.2, 0.25) is 0 Å². The fourth-order valence-electron chi connectivity index (χ4n) is 7.05. The van der Waals surface area contributed by atoms with Gasteiger partial charge in [0.05, 0.1) is 24.7 Å². The first-order valence-electron chi connectivity index (χ1n) is 13.3. The Balaban J connectivity index is 1.28. The maximum absolute atomic E-state index is 13.9. The van der Waals surface area contributed by atoms with E-state index in [9.17, 15) is 14.4 Å². The number of hydrogen-bond acceptors (Lipinski definition) is 5. The van der Waals surface area contributed by atoms with Crippen LogP contribution in [0.2, 0.25) is 0 Å². The van der Waals surface area contributed by atoms with Gasteiger partial charge in [0.15, 0.2) is 0 Å². The summed E-state index contributed by atoms with van der Waals surface area (Å²) < 4.78 is 7.06. The van der Waals surface area contributed by atoms with Gasteiger partial charge in [0.25, 0.3) is 11.8 Å². The first-order chi connectivity index (χ1) is 19.0. The number of hydrogen-bond donors (Lipinski definition) is 0. The molecule has 1 fully saturated rings. The summed E-state index contributed by atoms with van der Waals surface area (Å²) in [6, 6.07) is 24.1. The summed E-state index contributed by atoms with van der Waals surface area (Å²) in [7, 11) is 0. The van der Waals surface area contributed by atoms with Gasteiger partial charge >= 0.3 is 5.97 Å². The number of carbonyl (C=O) groups is 3. The molecule has 2 amide bonds. The van der Waals surface area contributed by atoms with Crippen LogP contribution < -0.4 is 0 Å². The van der Waals surface area contributed by atoms with Crippen molar-refractivity contribution in [2.24, 2.45) is 16.9 Å². The van der Waals surface area contributed by atoms with E-state index in [1.807, 2.05) is 60.0 Å². The van der Waals surface area contributed by atoms with Crippen LogP contribution in [0.5, 0.6) is 0 Å². The molecule has 0 radical (unpaired) electrons. The summed E-state index contributed by atoms with van der Waals surface area (Å²) in [4.78, 5) is 40.0. The highest BCUT2D eigenvalue weighted by Crippen LogP contribution is 2.60. The van der Waals surface area contributed by atoms with Crippen molar-refractivity contribution in [1.82, 2.24) is 9.58 Å². The molecule has 0 spiro atoms. The number of ether oxygens (including phenoxy) is 1. The molecule has 4 aliphatic rings. The summed E-state index contributed by atoms with van der Waals surface area (Å²) in [5.74, 6) is -2.13. The maximum Gasteiger partial charge on any atom is 0.325 e. The summed E-state index contributed by atoms with van der Waals surface area (Å²) in [5, 5.41) is 6.50. The monoisotopic (exact) mass is 517 g/mol. The Morgan fingerprint density at radius 2 is 1.36 bits per heavy atom. The zero-order valence-electron chi connectivity index (χ0n) is 21.7. The van der Waals surface area contributed by atoms with Gasteiger partial charge in [-0.05, 0) is 42.2 Å². The molecule has 39 heavy (non-hydrogen) atoms. The third kappa shape index (κ3) is 3.29. The van der Waals surface area contributed by atoms with E-state index in [4.69, 9.17) is 4.74 Å². The topological polar surface area (TPSA) is 81.0 Å². The predicted octanol–water partition coefficient (Wildman–Crippen LogP) is 4.74. The van der Waals surface area contributed by atoms with E-state index in [0.717, 1.165) is 49.4 Å². The molecule has 2 heterocycles. The minimum Gasteiger partial charge on any atom is -0.465 e. The maximum atomic E-state index is 13.9. The molecule has 2 atom stereocenters. The van der Waals surface area contributed by atoms with Crippen LogP contribution in [0.1, 0.15) is 52.3 Å². The van der Waals surface area contributed by atoms with Crippen molar-refractivity contribution in [2.75, 3.05) is 6.61 Å². The molecule has 4 aromatic rings. The smallest absolute Gasteiger partial charge is 0.325 e. The quantitative estimate of drug-likeness (QED) is 0.218. The van der Waals surface area contributed by atoms with E-state index >= 15 is 0 Å². The molecule has 7 heteroatoms. The number of benzene rings is 3. The normalized spacial score (nSPS) is 22.9. The molecule has 3 aliphatic carbocycles. The highest BCUT2D eigenvalue weighted by Gasteiger charge is 2.61. The molecule has 0 N–H and O–H groups in total. The lowest BCUT2D eigenvalue weighted by Crippen LogP contribution is -2.41. The number of aromatic nitrogens is 1. The van der Waals surface area contributed by atoms with Gasteiger partial charge in [0, 0.05) is 34.0 Å². The average Bonchev–Trinajstić information content (AvgIpc) is 3.37. The van der Waals surface area contributed by atoms with Crippen LogP contribution in [0.4, 0.5) is 0 Å². The minimum atomic E-state index is -0.476. The molecule has 2 unspecified atom stereocenters. The third-order valence-electron chi connectivity index (χ3n) is 8.60. The Morgan fingerprint density at radius 3 is 1.90 bits per heavy atom. The van der Waals surface area contributed by atoms with Crippen LogP contribution in [0.25, 0.3) is 10.9 Å². The summed E-state index contributed by atoms with van der Waals surface area (Å²) >= 11 is 0. The average molecular weight is 518 g/mol. The third-order valence-corrected chi connectivity index (χ3v) is 8.60. The molecule has 1 saturated heterocycles. The Labute approximate surface area is 225 Å². The van der Waals surface area contributed by atoms with E-state index in [-0.39, 0.29) is 36.2 Å². The number of fused-ring (bicyclic) bond motifs is 1. The Hall–Kier alpha value is -4.52. The number of rotatable bonds is 5. The number of carbonyl (C=O) groups excluding carboxylic acids is 3. The number of esters is 1. The zero-order valence-corrected chi connectivity index (χ0v) is 21.7. The van der Waals surface area contributed by atoms with Crippen LogP contribution in [0.15, 0.2) is 77.9 Å². The van der Waals surface area contributed by atoms with Crippen LogP contribution in [-0.4, -0.2) is 40.2 Å². The highest BCUT2D eigenvalue weighted by atomic mass is 16.5. The van der Waals surface area contributed by atoms with Gasteiger partial charge in [-0.1, -0.05) is 66.7 Å². The van der Waals surface area contributed by atoms with Gasteiger partial charge in [-0.2, -0.15) is 10.1 Å². The molecule has 7 nitrogen and oxygen atoms in total. The van der Waals surface area contributed by atoms with Gasteiger partial charge in [0.1, 0.15) is 6.54 Å². The molecular formula is C32H27N3O4. The lowest BCUT2D eigenvalue weighted by atomic mass is 9.55. The first-order valence-corrected chi connectivity index (χ1v) is 13.3. The van der Waals surface area contributed by atoms with E-state index in [1.165, 1.54) is 0 Å². The zero-order chi connectivity index (χ0) is 26.8. The van der Waals surface area contributed by atoms with Crippen molar-refractivity contribution in [3.63, 3.8) is 0 Å². The van der Waals surface area contributed by atoms with Crippen molar-refractivity contribution in [3.05, 3.63) is 106 Å². The van der Waals surface area contributed by atoms with Gasteiger partial charge in [-0.3, -0.25) is 14.4 Å². The number of hydrazone groups is 1. The molecule has 1 aliphatic heterocycles. The van der Waals surface area contributed by atoms with E-state index < -0.39 is 11.8 Å². The summed E-state index contributed by atoms with van der Waals surface area (Å²) in [5.41, 5.74) is 6.96. The highest BCUT2D eigenvalue weighted by molar-refractivity contribution is 6.09. The number of imide groups is 1. The Bertz CT molecular complexity index is 1600. The number of para-hydroxylation sites is 1. The second-order valence-corrected chi connectivity index (χ2v) is 10.4. The van der Waals surface area contributed by atoms with Crippen molar-refractivity contribution in [1.29, 1.82) is 0 Å². The van der Waals surface area contributed by atoms with Crippen molar-refractivity contribution in [3.8, 4) is 0 Å². The summed E-state index contributed by atoms with van der Waals surface area (Å²) in [6.45, 7) is 4.06. The second-order valence-electron chi connectivity index (χ2n) is 10.4. The summed E-state index contributed by atoms with van der Waals surface area (Å²) in [6.07, 6.45) is 1.59. The lowest BCUT2D eigenvalue weighted by molar-refractivity contribution is -0.144. The predicted molar refractivity (Wildman–Crippen MR) is 146 cm³/mol. The molecule has 1 aromatic heterocycles. The standard InChI is InChI=1S/C32H27N3O4/c1-3-39-26(36)17-34-18(2)24(19-10-8-9-15-25(19)34)16-33-35-31(37)29-27-20-11-4-5-12-21(20)28(30(29)32(35)38)23-14-7-6-13-22(23)27/h4-16,27-30H,3,17H2,1-2H3/b33-16+. The lowest BCUT2D eigenvalue weighted by Gasteiger charge is -2.45. The van der Waals surface area contributed by atoms with Gasteiger partial charge in [-0.25, -0.2) is 0 Å². The van der Waals surface area contributed by atoms with Crippen LogP contribution in [0, 0.1) is 18.8 Å². The number of amides is 2. The molecule has 8 rings (SSSR count). The van der Waals surface area contributed by atoms with Crippen molar-refractivity contribution >= 4 is 34.9 Å². The molecule has 2 bridgehead atoms. The molecule has 194 valence electrons. The fraction of sp³-hybridized carbons (Fsp3) is 0.250. The van der Waals surface area contributed by atoms with Crippen LogP contribution >= 0.6 is 0 Å². The van der Waals surface area contributed by atoms with Crippen LogP contribution in [0.3, 0.4) is 0 Å². The molecule has 3 aromatic carbocycles. The first kappa shape index (κ1) is 23.6. The van der Waals surface area contributed by atoms with E-state index in [2.05, 4.69) is 29.4 Å². The fourth-order valence-corrected chi connectivity index (χ4v) is 7.05. The van der Waals surface area contributed by atoms with Crippen LogP contribution in [-0.2, 0) is 25.7 Å². The van der Waals surface area contributed by atoms with E-state index in [1.54, 1.807) is 13.1 Å². The second kappa shape index (κ2) is 8.76. The van der Waals surface area contributed by atoms with Gasteiger partial charge < -0.3 is 9.30 Å². The van der Waals surface area contributed by atoms with Crippen molar-refractivity contribution < 1.29 is 19.1 Å². The Kier molecular flexibility index (Phi) is 5.30. The van der Waals surface area contributed by atoms with Crippen molar-refractivity contribution in [2.45, 2.75) is 32.2 Å². The Morgan fingerprint density at radius 1 is 0.846 bits per heavy atom. The molecular weight excluding hydrogens is 490 g/mol. The molecule has 0 saturated carbocycles. The SMILES string of the molecule is CCOC(=O)Cn1c(C)c(/C=N/N2C(=O)C3C4c5ccccc5C(c5ccccc54)C3C2=O)c2ccccc21. The number of nitrogens with zero attached hydrogens (tertiary/aromatic N) is 3.